The number of hydrogen-bond acceptors (Lipinski definition) is 3. The molecule has 6 heteroatoms. The van der Waals surface area contributed by atoms with Crippen molar-refractivity contribution in [2.75, 3.05) is 24.2 Å². The first-order valence-electron chi connectivity index (χ1n) is 5.94. The third kappa shape index (κ3) is 7.43. The van der Waals surface area contributed by atoms with Crippen LogP contribution in [0.15, 0.2) is 24.3 Å². The molecular formula is C13H20ClN3O2. The second-order valence-electron chi connectivity index (χ2n) is 4.02. The lowest BCUT2D eigenvalue weighted by atomic mass is 10.2. The summed E-state index contributed by atoms with van der Waals surface area (Å²) in [5.74, 6) is -0.155. The van der Waals surface area contributed by atoms with Gasteiger partial charge in [0.2, 0.25) is 11.8 Å². The van der Waals surface area contributed by atoms with E-state index in [1.165, 1.54) is 6.92 Å². The number of carbonyl (C=O) groups is 2. The number of rotatable bonds is 6. The Morgan fingerprint density at radius 1 is 1.16 bits per heavy atom. The predicted molar refractivity (Wildman–Crippen MR) is 79.8 cm³/mol. The molecule has 1 aromatic carbocycles. The highest BCUT2D eigenvalue weighted by molar-refractivity contribution is 5.93. The highest BCUT2D eigenvalue weighted by Gasteiger charge is 2.03. The number of hydrogen-bond donors (Lipinski definition) is 3. The van der Waals surface area contributed by atoms with Gasteiger partial charge in [0.1, 0.15) is 0 Å². The van der Waals surface area contributed by atoms with Crippen LogP contribution in [0.3, 0.4) is 0 Å². The van der Waals surface area contributed by atoms with Gasteiger partial charge >= 0.3 is 0 Å². The Labute approximate surface area is 119 Å². The van der Waals surface area contributed by atoms with Gasteiger partial charge in [-0.2, -0.15) is 0 Å². The van der Waals surface area contributed by atoms with Gasteiger partial charge in [-0.05, 0) is 38.2 Å². The predicted octanol–water partition coefficient (Wildman–Crippen LogP) is 2.00. The molecule has 3 N–H and O–H groups in total. The number of halogens is 1. The van der Waals surface area contributed by atoms with Gasteiger partial charge in [0.15, 0.2) is 0 Å². The molecule has 106 valence electrons. The molecule has 19 heavy (non-hydrogen) atoms. The molecule has 0 heterocycles. The van der Waals surface area contributed by atoms with Crippen LogP contribution in [0.1, 0.15) is 19.8 Å². The van der Waals surface area contributed by atoms with E-state index >= 15 is 0 Å². The summed E-state index contributed by atoms with van der Waals surface area (Å²) >= 11 is 0. The van der Waals surface area contributed by atoms with Gasteiger partial charge < -0.3 is 16.0 Å². The molecule has 5 nitrogen and oxygen atoms in total. The molecule has 0 bridgehead atoms. The monoisotopic (exact) mass is 285 g/mol. The van der Waals surface area contributed by atoms with Crippen LogP contribution >= 0.6 is 12.4 Å². The van der Waals surface area contributed by atoms with E-state index in [9.17, 15) is 9.59 Å². The zero-order valence-electron chi connectivity index (χ0n) is 11.2. The Hall–Kier alpha value is -1.59. The average molecular weight is 286 g/mol. The summed E-state index contributed by atoms with van der Waals surface area (Å²) < 4.78 is 0. The molecule has 0 unspecified atom stereocenters. The normalized spacial score (nSPS) is 9.37. The minimum atomic E-state index is -0.132. The van der Waals surface area contributed by atoms with Gasteiger partial charge in [-0.15, -0.1) is 12.4 Å². The molecule has 0 saturated carbocycles. The summed E-state index contributed by atoms with van der Waals surface area (Å²) in [6.07, 6.45) is 1.28. The van der Waals surface area contributed by atoms with Crippen molar-refractivity contribution in [1.29, 1.82) is 0 Å². The van der Waals surface area contributed by atoms with E-state index in [1.54, 1.807) is 24.3 Å². The molecule has 0 aliphatic carbocycles. The van der Waals surface area contributed by atoms with Gasteiger partial charge in [-0.3, -0.25) is 9.59 Å². The maximum atomic E-state index is 11.6. The highest BCUT2D eigenvalue weighted by atomic mass is 35.5. The van der Waals surface area contributed by atoms with E-state index in [2.05, 4.69) is 16.0 Å². The lowest BCUT2D eigenvalue weighted by Gasteiger charge is -2.07. The van der Waals surface area contributed by atoms with Crippen molar-refractivity contribution in [3.63, 3.8) is 0 Å². The third-order valence-electron chi connectivity index (χ3n) is 2.30. The fourth-order valence-electron chi connectivity index (χ4n) is 1.53. The molecule has 0 radical (unpaired) electrons. The molecule has 0 saturated heterocycles. The summed E-state index contributed by atoms with van der Waals surface area (Å²) in [5.41, 5.74) is 1.37. The van der Waals surface area contributed by atoms with Crippen LogP contribution in [0.4, 0.5) is 11.4 Å². The number of nitrogens with one attached hydrogen (secondary N) is 3. The van der Waals surface area contributed by atoms with E-state index in [0.29, 0.717) is 17.8 Å². The Bertz CT molecular complexity index is 424. The van der Waals surface area contributed by atoms with Crippen LogP contribution < -0.4 is 16.0 Å². The summed E-state index contributed by atoms with van der Waals surface area (Å²) in [7, 11) is 1.86. The van der Waals surface area contributed by atoms with Crippen LogP contribution in [0.25, 0.3) is 0 Å². The van der Waals surface area contributed by atoms with Gasteiger partial charge in [0.05, 0.1) is 0 Å². The fraction of sp³-hybridized carbons (Fsp3) is 0.385. The van der Waals surface area contributed by atoms with E-state index in [0.717, 1.165) is 13.0 Å². The molecule has 1 rings (SSSR count). The molecular weight excluding hydrogens is 266 g/mol. The molecule has 0 fully saturated rings. The molecule has 0 aliphatic heterocycles. The molecule has 0 atom stereocenters. The summed E-state index contributed by atoms with van der Waals surface area (Å²) in [6.45, 7) is 2.27. The standard InChI is InChI=1S/C13H19N3O2.ClH/c1-10(17)15-11-5-3-6-12(9-11)16-13(18)7-4-8-14-2;/h3,5-6,9,14H,4,7-8H2,1-2H3,(H,15,17)(H,16,18);1H. The second-order valence-corrected chi connectivity index (χ2v) is 4.02. The fourth-order valence-corrected chi connectivity index (χ4v) is 1.53. The second kappa shape index (κ2) is 9.35. The smallest absolute Gasteiger partial charge is 0.224 e. The van der Waals surface area contributed by atoms with E-state index in [-0.39, 0.29) is 24.2 Å². The molecule has 2 amide bonds. The summed E-state index contributed by atoms with van der Waals surface area (Å²) in [5, 5.41) is 8.46. The van der Waals surface area contributed by atoms with Crippen molar-refractivity contribution in [2.24, 2.45) is 0 Å². The molecule has 0 aromatic heterocycles. The van der Waals surface area contributed by atoms with E-state index < -0.39 is 0 Å². The average Bonchev–Trinajstić information content (AvgIpc) is 2.28. The zero-order valence-corrected chi connectivity index (χ0v) is 12.0. The van der Waals surface area contributed by atoms with Crippen molar-refractivity contribution in [3.8, 4) is 0 Å². The first-order chi connectivity index (χ1) is 8.61. The Morgan fingerprint density at radius 2 is 1.79 bits per heavy atom. The maximum Gasteiger partial charge on any atom is 0.224 e. The van der Waals surface area contributed by atoms with E-state index in [1.807, 2.05) is 7.05 Å². The van der Waals surface area contributed by atoms with Crippen molar-refractivity contribution in [3.05, 3.63) is 24.3 Å². The minimum Gasteiger partial charge on any atom is -0.326 e. The third-order valence-corrected chi connectivity index (χ3v) is 2.30. The van der Waals surface area contributed by atoms with Crippen molar-refractivity contribution >= 4 is 35.6 Å². The summed E-state index contributed by atoms with van der Waals surface area (Å²) in [6, 6.07) is 7.09. The largest absolute Gasteiger partial charge is 0.326 e. The lowest BCUT2D eigenvalue weighted by molar-refractivity contribution is -0.116. The van der Waals surface area contributed by atoms with Crippen molar-refractivity contribution in [2.45, 2.75) is 19.8 Å². The van der Waals surface area contributed by atoms with E-state index in [4.69, 9.17) is 0 Å². The lowest BCUT2D eigenvalue weighted by Crippen LogP contribution is -2.15. The van der Waals surface area contributed by atoms with Gasteiger partial charge in [0, 0.05) is 24.7 Å². The van der Waals surface area contributed by atoms with Gasteiger partial charge in [-0.25, -0.2) is 0 Å². The number of carbonyl (C=O) groups excluding carboxylic acids is 2. The first kappa shape index (κ1) is 17.4. The Morgan fingerprint density at radius 3 is 2.37 bits per heavy atom. The summed E-state index contributed by atoms with van der Waals surface area (Å²) in [4.78, 5) is 22.5. The number of benzene rings is 1. The Kier molecular flexibility index (Phi) is 8.57. The van der Waals surface area contributed by atoms with Gasteiger partial charge in [0.25, 0.3) is 0 Å². The number of amides is 2. The van der Waals surface area contributed by atoms with Crippen LogP contribution in [-0.2, 0) is 9.59 Å². The van der Waals surface area contributed by atoms with Crippen molar-refractivity contribution in [1.82, 2.24) is 5.32 Å². The van der Waals surface area contributed by atoms with Crippen LogP contribution in [0, 0.1) is 0 Å². The zero-order chi connectivity index (χ0) is 13.4. The topological polar surface area (TPSA) is 70.2 Å². The molecule has 0 aliphatic rings. The maximum absolute atomic E-state index is 11.6. The quantitative estimate of drug-likeness (QED) is 0.700. The minimum absolute atomic E-state index is 0. The molecule has 1 aromatic rings. The SMILES string of the molecule is CNCCCC(=O)Nc1cccc(NC(C)=O)c1.Cl. The van der Waals surface area contributed by atoms with Crippen LogP contribution in [0.5, 0.6) is 0 Å². The van der Waals surface area contributed by atoms with Crippen LogP contribution in [-0.4, -0.2) is 25.4 Å². The number of anilines is 2. The molecule has 0 spiro atoms. The van der Waals surface area contributed by atoms with Gasteiger partial charge in [-0.1, -0.05) is 6.07 Å². The van der Waals surface area contributed by atoms with Crippen molar-refractivity contribution < 1.29 is 9.59 Å². The van der Waals surface area contributed by atoms with Crippen LogP contribution in [0.2, 0.25) is 0 Å². The highest BCUT2D eigenvalue weighted by Crippen LogP contribution is 2.15. The Balaban J connectivity index is 0.00000324. The first-order valence-corrected chi connectivity index (χ1v) is 5.94.